The molecule has 1 saturated heterocycles. The summed E-state index contributed by atoms with van der Waals surface area (Å²) >= 11 is 0. The number of hydrogen-bond acceptors (Lipinski definition) is 5. The van der Waals surface area contributed by atoms with Crippen LogP contribution in [0.2, 0.25) is 0 Å². The maximum atomic E-state index is 13.9. The van der Waals surface area contributed by atoms with Crippen molar-refractivity contribution in [2.24, 2.45) is 29.1 Å². The second-order valence-electron chi connectivity index (χ2n) is 11.3. The normalized spacial score (nSPS) is 48.7. The second-order valence-corrected chi connectivity index (χ2v) is 11.3. The number of carbonyl (C=O) groups excluding carboxylic acids is 1. The summed E-state index contributed by atoms with van der Waals surface area (Å²) in [4.78, 5) is 13.9. The summed E-state index contributed by atoms with van der Waals surface area (Å²) in [5.41, 5.74) is -2.92. The molecule has 6 heteroatoms. The van der Waals surface area contributed by atoms with E-state index in [0.29, 0.717) is 19.3 Å². The van der Waals surface area contributed by atoms with Crippen LogP contribution in [0.25, 0.3) is 0 Å². The Morgan fingerprint density at radius 3 is 2.41 bits per heavy atom. The first-order chi connectivity index (χ1) is 15.9. The molecule has 5 N–H and O–H groups in total. The Hall–Kier alpha value is -1.99. The lowest BCUT2D eigenvalue weighted by molar-refractivity contribution is -0.212. The Labute approximate surface area is 202 Å². The molecule has 1 amide bonds. The number of rotatable bonds is 2. The van der Waals surface area contributed by atoms with Crippen molar-refractivity contribution in [2.75, 3.05) is 0 Å². The molecule has 2 aliphatic carbocycles. The number of benzene rings is 1. The monoisotopic (exact) mass is 469 g/mol. The van der Waals surface area contributed by atoms with Crippen molar-refractivity contribution >= 4 is 5.91 Å². The van der Waals surface area contributed by atoms with Crippen molar-refractivity contribution in [2.45, 2.75) is 76.4 Å². The molecule has 0 radical (unpaired) electrons. The molecular formula is C28H39NO5. The average molecular weight is 470 g/mol. The molecule has 2 fully saturated rings. The molecule has 186 valence electrons. The van der Waals surface area contributed by atoms with Gasteiger partial charge in [-0.3, -0.25) is 4.79 Å². The van der Waals surface area contributed by atoms with E-state index in [1.165, 1.54) is 6.08 Å². The Balaban J connectivity index is 1.88. The standard InChI is InChI=1S/C28H39NO5/c1-17-9-8-12-20-24(31)27(4,34)18(2)23-21(15-19-10-6-5-7-11-19)29-25(32)28(20,23)22(30)13-14-26(3,33)16-17/h5-8,10-14,17-18,20-24,30-31,33-34H,9,15-16H2,1-4H3,(H,29,32)/b12-8-,14-13-/t17-,18-,20-,21-,22+,23-,24-,26-,27+,28+/m0/s1. The first-order valence-electron chi connectivity index (χ1n) is 12.4. The number of hydrogen-bond donors (Lipinski definition) is 5. The van der Waals surface area contributed by atoms with E-state index in [4.69, 9.17) is 0 Å². The van der Waals surface area contributed by atoms with E-state index in [0.717, 1.165) is 5.56 Å². The molecule has 10 atom stereocenters. The first-order valence-corrected chi connectivity index (χ1v) is 12.4. The maximum absolute atomic E-state index is 13.9. The van der Waals surface area contributed by atoms with Crippen LogP contribution in [0.1, 0.15) is 46.1 Å². The van der Waals surface area contributed by atoms with Gasteiger partial charge >= 0.3 is 0 Å². The number of aliphatic hydroxyl groups is 4. The van der Waals surface area contributed by atoms with E-state index >= 15 is 0 Å². The summed E-state index contributed by atoms with van der Waals surface area (Å²) in [5, 5.41) is 48.6. The minimum absolute atomic E-state index is 0.154. The van der Waals surface area contributed by atoms with E-state index in [-0.39, 0.29) is 17.9 Å². The fraction of sp³-hybridized carbons (Fsp3) is 0.607. The van der Waals surface area contributed by atoms with Gasteiger partial charge in [0.1, 0.15) is 0 Å². The lowest BCUT2D eigenvalue weighted by Crippen LogP contribution is -2.67. The van der Waals surface area contributed by atoms with Gasteiger partial charge in [0.2, 0.25) is 5.91 Å². The predicted octanol–water partition coefficient (Wildman–Crippen LogP) is 2.36. The highest BCUT2D eigenvalue weighted by atomic mass is 16.3. The third kappa shape index (κ3) is 4.05. The zero-order chi connectivity index (χ0) is 24.9. The Bertz CT molecular complexity index is 955. The van der Waals surface area contributed by atoms with Crippen molar-refractivity contribution in [3.8, 4) is 0 Å². The van der Waals surface area contributed by atoms with Crippen LogP contribution < -0.4 is 5.32 Å². The lowest BCUT2D eigenvalue weighted by Gasteiger charge is -2.56. The first kappa shape index (κ1) is 25.1. The van der Waals surface area contributed by atoms with Crippen molar-refractivity contribution in [1.82, 2.24) is 5.32 Å². The highest BCUT2D eigenvalue weighted by Gasteiger charge is 2.71. The van der Waals surface area contributed by atoms with Crippen LogP contribution in [0.15, 0.2) is 54.6 Å². The van der Waals surface area contributed by atoms with Gasteiger partial charge < -0.3 is 25.7 Å². The van der Waals surface area contributed by atoms with E-state index in [9.17, 15) is 25.2 Å². The van der Waals surface area contributed by atoms with Gasteiger partial charge in [-0.2, -0.15) is 0 Å². The summed E-state index contributed by atoms with van der Waals surface area (Å²) in [6.45, 7) is 7.22. The van der Waals surface area contributed by atoms with Gasteiger partial charge in [0.25, 0.3) is 0 Å². The SMILES string of the molecule is C[C@H]1C/C=C\[C@H]2[C@H](O)[C@](C)(O)[C@@H](C)[C@H]3[C@H](Cc4ccccc4)NC(=O)[C@]32[C@H](O)/C=C\[C@](C)(O)C1. The molecule has 6 nitrogen and oxygen atoms in total. The van der Waals surface area contributed by atoms with Crippen LogP contribution in [0.4, 0.5) is 0 Å². The van der Waals surface area contributed by atoms with Crippen LogP contribution in [0.5, 0.6) is 0 Å². The zero-order valence-electron chi connectivity index (χ0n) is 20.6. The van der Waals surface area contributed by atoms with Crippen LogP contribution >= 0.6 is 0 Å². The molecule has 1 saturated carbocycles. The Morgan fingerprint density at radius 1 is 1.06 bits per heavy atom. The topological polar surface area (TPSA) is 110 Å². The highest BCUT2D eigenvalue weighted by molar-refractivity contribution is 5.88. The summed E-state index contributed by atoms with van der Waals surface area (Å²) in [5.74, 6) is -1.89. The molecule has 1 heterocycles. The van der Waals surface area contributed by atoms with Gasteiger partial charge in [-0.05, 0) is 50.5 Å². The minimum Gasteiger partial charge on any atom is -0.389 e. The van der Waals surface area contributed by atoms with E-state index < -0.39 is 46.6 Å². The fourth-order valence-electron chi connectivity index (χ4n) is 6.87. The number of amides is 1. The van der Waals surface area contributed by atoms with E-state index in [1.807, 2.05) is 56.3 Å². The van der Waals surface area contributed by atoms with Crippen LogP contribution in [-0.2, 0) is 11.2 Å². The molecule has 1 aliphatic heterocycles. The summed E-state index contributed by atoms with van der Waals surface area (Å²) in [6, 6.07) is 9.52. The smallest absolute Gasteiger partial charge is 0.230 e. The van der Waals surface area contributed by atoms with Gasteiger partial charge in [0.15, 0.2) is 0 Å². The number of nitrogens with one attached hydrogen (secondary N) is 1. The molecule has 1 spiro atoms. The van der Waals surface area contributed by atoms with Crippen LogP contribution in [0.3, 0.4) is 0 Å². The third-order valence-corrected chi connectivity index (χ3v) is 8.71. The largest absolute Gasteiger partial charge is 0.389 e. The van der Waals surface area contributed by atoms with Crippen molar-refractivity contribution < 1.29 is 25.2 Å². The summed E-state index contributed by atoms with van der Waals surface area (Å²) in [6.07, 6.45) is 6.07. The van der Waals surface area contributed by atoms with Gasteiger partial charge in [0, 0.05) is 17.9 Å². The quantitative estimate of drug-likeness (QED) is 0.427. The van der Waals surface area contributed by atoms with Crippen molar-refractivity contribution in [3.63, 3.8) is 0 Å². The molecule has 1 aromatic carbocycles. The zero-order valence-corrected chi connectivity index (χ0v) is 20.6. The molecule has 34 heavy (non-hydrogen) atoms. The highest BCUT2D eigenvalue weighted by Crippen LogP contribution is 2.59. The molecular weight excluding hydrogens is 430 g/mol. The van der Waals surface area contributed by atoms with Gasteiger partial charge in [0.05, 0.1) is 28.8 Å². The number of aliphatic hydroxyl groups excluding tert-OH is 2. The van der Waals surface area contributed by atoms with Crippen molar-refractivity contribution in [3.05, 3.63) is 60.2 Å². The minimum atomic E-state index is -1.45. The number of carbonyl (C=O) groups is 1. The lowest BCUT2D eigenvalue weighted by atomic mass is 9.49. The molecule has 1 aromatic rings. The molecule has 4 rings (SSSR count). The average Bonchev–Trinajstić information content (AvgIpc) is 3.04. The molecule has 0 unspecified atom stereocenters. The van der Waals surface area contributed by atoms with Crippen LogP contribution in [-0.4, -0.2) is 55.8 Å². The maximum Gasteiger partial charge on any atom is 0.230 e. The predicted molar refractivity (Wildman–Crippen MR) is 131 cm³/mol. The van der Waals surface area contributed by atoms with Gasteiger partial charge in [-0.1, -0.05) is 68.5 Å². The summed E-state index contributed by atoms with van der Waals surface area (Å²) < 4.78 is 0. The van der Waals surface area contributed by atoms with E-state index in [2.05, 4.69) is 5.32 Å². The van der Waals surface area contributed by atoms with Gasteiger partial charge in [-0.15, -0.1) is 0 Å². The van der Waals surface area contributed by atoms with Crippen LogP contribution in [0, 0.1) is 29.1 Å². The molecule has 0 bridgehead atoms. The molecule has 0 aromatic heterocycles. The Morgan fingerprint density at radius 2 is 1.74 bits per heavy atom. The van der Waals surface area contributed by atoms with Crippen molar-refractivity contribution in [1.29, 1.82) is 0 Å². The summed E-state index contributed by atoms with van der Waals surface area (Å²) in [7, 11) is 0. The molecule has 3 aliphatic rings. The fourth-order valence-corrected chi connectivity index (χ4v) is 6.87. The van der Waals surface area contributed by atoms with E-state index in [1.54, 1.807) is 19.9 Å². The third-order valence-electron chi connectivity index (χ3n) is 8.71. The number of allylic oxidation sites excluding steroid dienone is 1. The second kappa shape index (κ2) is 8.90. The van der Waals surface area contributed by atoms with Gasteiger partial charge in [-0.25, -0.2) is 0 Å². The Kier molecular flexibility index (Phi) is 6.58.